The topological polar surface area (TPSA) is 21.7 Å². The van der Waals surface area contributed by atoms with Gasteiger partial charge in [-0.05, 0) is 35.2 Å². The Morgan fingerprint density at radius 1 is 0.548 bits per heavy atom. The first-order chi connectivity index (χ1) is 20.0. The van der Waals surface area contributed by atoms with Crippen molar-refractivity contribution in [2.75, 3.05) is 31.2 Å². The van der Waals surface area contributed by atoms with Crippen molar-refractivity contribution in [2.45, 2.75) is 0 Å². The van der Waals surface area contributed by atoms with E-state index < -0.39 is 82.9 Å². The summed E-state index contributed by atoms with van der Waals surface area (Å²) in [5.41, 5.74) is 1.13. The first kappa shape index (κ1) is 30.8. The van der Waals surface area contributed by atoms with Crippen molar-refractivity contribution in [3.63, 3.8) is 0 Å². The Balaban J connectivity index is 1.52. The summed E-state index contributed by atoms with van der Waals surface area (Å²) < 4.78 is 146. The van der Waals surface area contributed by atoms with Crippen LogP contribution in [0.3, 0.4) is 0 Å². The van der Waals surface area contributed by atoms with Gasteiger partial charge in [0.15, 0.2) is 11.5 Å². The molecule has 0 N–H and O–H groups in total. The number of ether oxygens (including phenoxy) is 2. The van der Waals surface area contributed by atoms with Crippen LogP contribution in [0.2, 0.25) is 0 Å². The standard InChI is InChI=1S/C28H17F10NO2S/c29-17-19(31)23(35)27(24(36)20(17)32)40-11-9-39(10-12-41-28-25(37)21(33)18(30)22(34)26(28)38)15-6-3-14(4-7-15)5-8-16-2-1-13-42-16/h1-8,13H,9-12H2/b8-5+. The molecule has 0 aliphatic rings. The van der Waals surface area contributed by atoms with Crippen LogP contribution in [0.5, 0.6) is 11.5 Å². The van der Waals surface area contributed by atoms with Crippen molar-refractivity contribution in [1.29, 1.82) is 0 Å². The second kappa shape index (κ2) is 13.2. The molecule has 0 unspecified atom stereocenters. The predicted octanol–water partition coefficient (Wildman–Crippen LogP) is 8.27. The average Bonchev–Trinajstić information content (AvgIpc) is 3.52. The summed E-state index contributed by atoms with van der Waals surface area (Å²) in [6, 6.07) is 10.3. The van der Waals surface area contributed by atoms with Gasteiger partial charge in [0.1, 0.15) is 13.2 Å². The molecule has 42 heavy (non-hydrogen) atoms. The van der Waals surface area contributed by atoms with Crippen LogP contribution < -0.4 is 14.4 Å². The fourth-order valence-corrected chi connectivity index (χ4v) is 4.29. The van der Waals surface area contributed by atoms with E-state index in [4.69, 9.17) is 9.47 Å². The summed E-state index contributed by atoms with van der Waals surface area (Å²) in [6.07, 6.45) is 3.66. The molecule has 0 aliphatic carbocycles. The maximum Gasteiger partial charge on any atom is 0.206 e. The highest BCUT2D eigenvalue weighted by Crippen LogP contribution is 2.30. The SMILES string of the molecule is Fc1c(F)c(F)c(OCCN(CCOc2c(F)c(F)c(F)c(F)c2F)c2ccc(/C=C/c3cccs3)cc2)c(F)c1F. The zero-order valence-corrected chi connectivity index (χ0v) is 21.8. The minimum absolute atomic E-state index is 0.301. The number of halogens is 10. The van der Waals surface area contributed by atoms with Crippen LogP contribution in [0.1, 0.15) is 10.4 Å². The van der Waals surface area contributed by atoms with Gasteiger partial charge in [0.2, 0.25) is 58.2 Å². The number of hydrogen-bond acceptors (Lipinski definition) is 4. The molecule has 0 fully saturated rings. The van der Waals surface area contributed by atoms with Gasteiger partial charge in [-0.2, -0.15) is 17.6 Å². The number of nitrogens with zero attached hydrogens (tertiary/aromatic N) is 1. The largest absolute Gasteiger partial charge is 0.486 e. The lowest BCUT2D eigenvalue weighted by molar-refractivity contribution is 0.254. The smallest absolute Gasteiger partial charge is 0.206 e. The van der Waals surface area contributed by atoms with Crippen molar-refractivity contribution >= 4 is 29.2 Å². The Hall–Kier alpha value is -4.20. The highest BCUT2D eigenvalue weighted by atomic mass is 32.1. The molecule has 1 heterocycles. The molecule has 222 valence electrons. The maximum atomic E-state index is 14.0. The molecular weight excluding hydrogens is 604 g/mol. The molecule has 3 nitrogen and oxygen atoms in total. The van der Waals surface area contributed by atoms with Gasteiger partial charge in [0.25, 0.3) is 0 Å². The molecule has 1 aromatic heterocycles. The van der Waals surface area contributed by atoms with Gasteiger partial charge in [0, 0.05) is 10.6 Å². The fraction of sp³-hybridized carbons (Fsp3) is 0.143. The van der Waals surface area contributed by atoms with Crippen LogP contribution >= 0.6 is 11.3 Å². The number of anilines is 1. The first-order valence-electron chi connectivity index (χ1n) is 11.9. The lowest BCUT2D eigenvalue weighted by Gasteiger charge is -2.25. The second-order valence-corrected chi connectivity index (χ2v) is 9.40. The Labute approximate surface area is 235 Å². The van der Waals surface area contributed by atoms with Gasteiger partial charge >= 0.3 is 0 Å². The van der Waals surface area contributed by atoms with E-state index in [2.05, 4.69) is 0 Å². The van der Waals surface area contributed by atoms with E-state index in [1.165, 1.54) is 16.2 Å². The van der Waals surface area contributed by atoms with Crippen LogP contribution in [0.15, 0.2) is 41.8 Å². The fourth-order valence-electron chi connectivity index (χ4n) is 3.67. The number of rotatable bonds is 11. The predicted molar refractivity (Wildman–Crippen MR) is 135 cm³/mol. The number of hydrogen-bond donors (Lipinski definition) is 0. The molecule has 4 rings (SSSR count). The zero-order valence-electron chi connectivity index (χ0n) is 21.0. The molecule has 0 bridgehead atoms. The Morgan fingerprint density at radius 3 is 1.38 bits per heavy atom. The van der Waals surface area contributed by atoms with E-state index in [0.29, 0.717) is 5.69 Å². The Kier molecular flexibility index (Phi) is 9.66. The molecule has 14 heteroatoms. The zero-order chi connectivity index (χ0) is 30.6. The van der Waals surface area contributed by atoms with Gasteiger partial charge in [-0.15, -0.1) is 11.3 Å². The van der Waals surface area contributed by atoms with E-state index in [1.807, 2.05) is 23.6 Å². The molecule has 0 spiro atoms. The molecule has 0 amide bonds. The van der Waals surface area contributed by atoms with Crippen LogP contribution in [0, 0.1) is 58.2 Å². The highest BCUT2D eigenvalue weighted by Gasteiger charge is 2.28. The van der Waals surface area contributed by atoms with Crippen LogP contribution in [-0.4, -0.2) is 26.3 Å². The highest BCUT2D eigenvalue weighted by molar-refractivity contribution is 7.10. The quantitative estimate of drug-likeness (QED) is 0.0957. The molecule has 0 saturated heterocycles. The Bertz CT molecular complexity index is 1460. The first-order valence-corrected chi connectivity index (χ1v) is 12.7. The van der Waals surface area contributed by atoms with Crippen molar-refractivity contribution in [1.82, 2.24) is 0 Å². The van der Waals surface area contributed by atoms with Crippen LogP contribution in [-0.2, 0) is 0 Å². The summed E-state index contributed by atoms with van der Waals surface area (Å²) in [4.78, 5) is 2.35. The second-order valence-electron chi connectivity index (χ2n) is 8.42. The third kappa shape index (κ3) is 6.48. The van der Waals surface area contributed by atoms with E-state index in [-0.39, 0.29) is 13.1 Å². The minimum atomic E-state index is -2.36. The molecule has 0 saturated carbocycles. The molecule has 3 aromatic carbocycles. The van der Waals surface area contributed by atoms with Crippen LogP contribution in [0.4, 0.5) is 49.6 Å². The monoisotopic (exact) mass is 621 g/mol. The van der Waals surface area contributed by atoms with Gasteiger partial charge in [-0.3, -0.25) is 0 Å². The maximum absolute atomic E-state index is 14.0. The number of thiophene rings is 1. The van der Waals surface area contributed by atoms with E-state index >= 15 is 0 Å². The lowest BCUT2D eigenvalue weighted by atomic mass is 10.1. The van der Waals surface area contributed by atoms with E-state index in [1.54, 1.807) is 30.3 Å². The summed E-state index contributed by atoms with van der Waals surface area (Å²) in [6.45, 7) is -1.91. The van der Waals surface area contributed by atoms with Crippen molar-refractivity contribution in [3.8, 4) is 11.5 Å². The Morgan fingerprint density at radius 2 is 0.976 bits per heavy atom. The van der Waals surface area contributed by atoms with Gasteiger partial charge in [0.05, 0.1) is 13.1 Å². The molecule has 4 aromatic rings. The van der Waals surface area contributed by atoms with Gasteiger partial charge in [-0.25, -0.2) is 26.3 Å². The number of benzene rings is 3. The summed E-state index contributed by atoms with van der Waals surface area (Å²) >= 11 is 1.51. The third-order valence-electron chi connectivity index (χ3n) is 5.80. The van der Waals surface area contributed by atoms with Crippen molar-refractivity contribution < 1.29 is 53.4 Å². The third-order valence-corrected chi connectivity index (χ3v) is 6.63. The van der Waals surface area contributed by atoms with Gasteiger partial charge in [-0.1, -0.05) is 24.3 Å². The molecule has 0 atom stereocenters. The lowest BCUT2D eigenvalue weighted by Crippen LogP contribution is -2.33. The molecule has 0 aliphatic heterocycles. The van der Waals surface area contributed by atoms with Crippen molar-refractivity contribution in [3.05, 3.63) is 110 Å². The minimum Gasteiger partial charge on any atom is -0.486 e. The summed E-state index contributed by atoms with van der Waals surface area (Å²) in [5.74, 6) is -25.3. The summed E-state index contributed by atoms with van der Waals surface area (Å²) in [5, 5.41) is 1.89. The average molecular weight is 621 g/mol. The molecule has 0 radical (unpaired) electrons. The normalized spacial score (nSPS) is 11.4. The van der Waals surface area contributed by atoms with E-state index in [0.717, 1.165) is 10.4 Å². The van der Waals surface area contributed by atoms with Crippen LogP contribution in [0.25, 0.3) is 12.2 Å². The summed E-state index contributed by atoms with van der Waals surface area (Å²) in [7, 11) is 0. The molecular formula is C28H17F10NO2S. The van der Waals surface area contributed by atoms with Crippen molar-refractivity contribution in [2.24, 2.45) is 0 Å². The van der Waals surface area contributed by atoms with E-state index in [9.17, 15) is 43.9 Å². The van der Waals surface area contributed by atoms with Gasteiger partial charge < -0.3 is 14.4 Å².